The lowest BCUT2D eigenvalue weighted by molar-refractivity contribution is -0.107. The van der Waals surface area contributed by atoms with Crippen LogP contribution in [-0.2, 0) is 11.2 Å². The van der Waals surface area contributed by atoms with Crippen molar-refractivity contribution < 1.29 is 9.32 Å². The zero-order chi connectivity index (χ0) is 10.7. The van der Waals surface area contributed by atoms with Crippen LogP contribution in [0.4, 0.5) is 0 Å². The summed E-state index contributed by atoms with van der Waals surface area (Å²) in [5.74, 6) is 0.713. The number of nitrogens with zero attached hydrogens (tertiary/aromatic N) is 1. The molecule has 0 bridgehead atoms. The summed E-state index contributed by atoms with van der Waals surface area (Å²) < 4.78 is 5.17. The van der Waals surface area contributed by atoms with Gasteiger partial charge in [0.15, 0.2) is 5.76 Å². The molecule has 0 radical (unpaired) electrons. The molecule has 2 rings (SSSR count). The van der Waals surface area contributed by atoms with Gasteiger partial charge in [0, 0.05) is 18.1 Å². The van der Waals surface area contributed by atoms with Crippen molar-refractivity contribution in [2.45, 2.75) is 13.3 Å². The van der Waals surface area contributed by atoms with Crippen molar-refractivity contribution in [2.24, 2.45) is 0 Å². The van der Waals surface area contributed by atoms with Crippen LogP contribution < -0.4 is 0 Å². The van der Waals surface area contributed by atoms with Gasteiger partial charge >= 0.3 is 0 Å². The van der Waals surface area contributed by atoms with Gasteiger partial charge in [0.05, 0.1) is 5.69 Å². The number of hydrogen-bond acceptors (Lipinski definition) is 3. The van der Waals surface area contributed by atoms with E-state index in [0.717, 1.165) is 23.1 Å². The predicted octanol–water partition coefficient (Wildman–Crippen LogP) is 2.39. The molecule has 0 saturated carbocycles. The molecule has 0 spiro atoms. The van der Waals surface area contributed by atoms with Gasteiger partial charge in [-0.3, -0.25) is 0 Å². The van der Waals surface area contributed by atoms with Gasteiger partial charge in [-0.05, 0) is 12.5 Å². The number of carbonyl (C=O) groups excluding carboxylic acids is 1. The van der Waals surface area contributed by atoms with E-state index < -0.39 is 0 Å². The van der Waals surface area contributed by atoms with Gasteiger partial charge < -0.3 is 9.32 Å². The molecule has 0 N–H and O–H groups in total. The van der Waals surface area contributed by atoms with Gasteiger partial charge in [-0.25, -0.2) is 0 Å². The Morgan fingerprint density at radius 3 is 2.87 bits per heavy atom. The zero-order valence-electron chi connectivity index (χ0n) is 8.43. The van der Waals surface area contributed by atoms with E-state index in [-0.39, 0.29) is 0 Å². The summed E-state index contributed by atoms with van der Waals surface area (Å²) in [5, 5.41) is 3.83. The molecular formula is C12H11NO2. The third-order valence-electron chi connectivity index (χ3n) is 2.21. The average Bonchev–Trinajstić information content (AvgIpc) is 2.66. The van der Waals surface area contributed by atoms with Gasteiger partial charge in [0.25, 0.3) is 0 Å². The van der Waals surface area contributed by atoms with Crippen molar-refractivity contribution in [3.05, 3.63) is 41.6 Å². The fourth-order valence-corrected chi connectivity index (χ4v) is 1.52. The van der Waals surface area contributed by atoms with Crippen LogP contribution in [0.25, 0.3) is 11.3 Å². The largest absolute Gasteiger partial charge is 0.356 e. The number of aromatic nitrogens is 1. The topological polar surface area (TPSA) is 43.1 Å². The summed E-state index contributed by atoms with van der Waals surface area (Å²) >= 11 is 0. The highest BCUT2D eigenvalue weighted by Gasteiger charge is 2.08. The molecule has 1 heterocycles. The second-order valence-electron chi connectivity index (χ2n) is 3.36. The summed E-state index contributed by atoms with van der Waals surface area (Å²) in [4.78, 5) is 10.5. The molecule has 1 aromatic carbocycles. The molecule has 0 aliphatic carbocycles. The third-order valence-corrected chi connectivity index (χ3v) is 2.21. The molecule has 76 valence electrons. The normalized spacial score (nSPS) is 10.2. The van der Waals surface area contributed by atoms with Crippen LogP contribution in [-0.4, -0.2) is 11.4 Å². The number of rotatable bonds is 3. The van der Waals surface area contributed by atoms with Crippen LogP contribution in [0.3, 0.4) is 0 Å². The van der Waals surface area contributed by atoms with Crippen LogP contribution in [0.2, 0.25) is 0 Å². The van der Waals surface area contributed by atoms with Gasteiger partial charge in [-0.2, -0.15) is 0 Å². The Morgan fingerprint density at radius 2 is 2.20 bits per heavy atom. The summed E-state index contributed by atoms with van der Waals surface area (Å²) in [6.45, 7) is 1.87. The molecule has 3 nitrogen and oxygen atoms in total. The smallest absolute Gasteiger partial charge is 0.167 e. The van der Waals surface area contributed by atoms with Crippen molar-refractivity contribution in [3.63, 3.8) is 0 Å². The van der Waals surface area contributed by atoms with Crippen LogP contribution in [0, 0.1) is 6.92 Å². The highest BCUT2D eigenvalue weighted by atomic mass is 16.5. The minimum Gasteiger partial charge on any atom is -0.356 e. The first-order valence-electron chi connectivity index (χ1n) is 4.76. The number of benzene rings is 1. The van der Waals surface area contributed by atoms with Gasteiger partial charge in [0.1, 0.15) is 6.29 Å². The number of carbonyl (C=O) groups is 1. The standard InChI is InChI=1S/C12H11NO2/c1-9-8-12(15-13-9)11-5-3-2-4-10(11)6-7-14/h2-5,7-8H,6H2,1H3. The lowest BCUT2D eigenvalue weighted by Gasteiger charge is -2.01. The van der Waals surface area contributed by atoms with E-state index in [1.54, 1.807) is 0 Å². The molecule has 1 aromatic heterocycles. The van der Waals surface area contributed by atoms with Gasteiger partial charge in [-0.1, -0.05) is 29.4 Å². The van der Waals surface area contributed by atoms with Crippen LogP contribution >= 0.6 is 0 Å². The van der Waals surface area contributed by atoms with Crippen molar-refractivity contribution >= 4 is 6.29 Å². The maximum absolute atomic E-state index is 10.5. The maximum atomic E-state index is 10.5. The first kappa shape index (κ1) is 9.65. The van der Waals surface area contributed by atoms with E-state index in [1.165, 1.54) is 0 Å². The SMILES string of the molecule is Cc1cc(-c2ccccc2CC=O)on1. The molecule has 3 heteroatoms. The molecule has 0 unspecified atom stereocenters. The fourth-order valence-electron chi connectivity index (χ4n) is 1.52. The number of aldehydes is 1. The van der Waals surface area contributed by atoms with Crippen LogP contribution in [0.5, 0.6) is 0 Å². The molecule has 0 fully saturated rings. The third kappa shape index (κ3) is 1.96. The Balaban J connectivity index is 2.47. The second-order valence-corrected chi connectivity index (χ2v) is 3.36. The molecule has 15 heavy (non-hydrogen) atoms. The molecule has 0 aliphatic rings. The lowest BCUT2D eigenvalue weighted by atomic mass is 10.0. The minimum absolute atomic E-state index is 0.399. The minimum atomic E-state index is 0.399. The van der Waals surface area contributed by atoms with E-state index >= 15 is 0 Å². The van der Waals surface area contributed by atoms with Crippen molar-refractivity contribution in [1.29, 1.82) is 0 Å². The molecule has 2 aromatic rings. The van der Waals surface area contributed by atoms with Crippen LogP contribution in [0.15, 0.2) is 34.9 Å². The molecular weight excluding hydrogens is 190 g/mol. The predicted molar refractivity (Wildman–Crippen MR) is 56.4 cm³/mol. The molecule has 0 amide bonds. The number of hydrogen-bond donors (Lipinski definition) is 0. The molecule has 0 atom stereocenters. The van der Waals surface area contributed by atoms with Crippen molar-refractivity contribution in [1.82, 2.24) is 5.16 Å². The number of aryl methyl sites for hydroxylation is 1. The quantitative estimate of drug-likeness (QED) is 0.716. The second kappa shape index (κ2) is 4.09. The van der Waals surface area contributed by atoms with Crippen molar-refractivity contribution in [2.75, 3.05) is 0 Å². The van der Waals surface area contributed by atoms with Crippen LogP contribution in [0.1, 0.15) is 11.3 Å². The Morgan fingerprint density at radius 1 is 1.40 bits per heavy atom. The lowest BCUT2D eigenvalue weighted by Crippen LogP contribution is -1.89. The van der Waals surface area contributed by atoms with E-state index in [0.29, 0.717) is 12.2 Å². The van der Waals surface area contributed by atoms with Crippen molar-refractivity contribution in [3.8, 4) is 11.3 Å². The van der Waals surface area contributed by atoms with E-state index in [1.807, 2.05) is 37.3 Å². The molecule has 0 saturated heterocycles. The monoisotopic (exact) mass is 201 g/mol. The summed E-state index contributed by atoms with van der Waals surface area (Å²) in [6, 6.07) is 9.54. The molecule has 0 aliphatic heterocycles. The Kier molecular flexibility index (Phi) is 2.63. The van der Waals surface area contributed by atoms with E-state index in [2.05, 4.69) is 5.16 Å². The maximum Gasteiger partial charge on any atom is 0.167 e. The van der Waals surface area contributed by atoms with Gasteiger partial charge in [0.2, 0.25) is 0 Å². The highest BCUT2D eigenvalue weighted by molar-refractivity contribution is 5.67. The summed E-state index contributed by atoms with van der Waals surface area (Å²) in [5.41, 5.74) is 2.74. The Hall–Kier alpha value is -1.90. The van der Waals surface area contributed by atoms with Gasteiger partial charge in [-0.15, -0.1) is 0 Å². The zero-order valence-corrected chi connectivity index (χ0v) is 8.43. The average molecular weight is 201 g/mol. The first-order chi connectivity index (χ1) is 7.31. The summed E-state index contributed by atoms with van der Waals surface area (Å²) in [6.07, 6.45) is 1.29. The highest BCUT2D eigenvalue weighted by Crippen LogP contribution is 2.24. The Bertz CT molecular complexity index is 474. The summed E-state index contributed by atoms with van der Waals surface area (Å²) in [7, 11) is 0. The fraction of sp³-hybridized carbons (Fsp3) is 0.167. The van der Waals surface area contributed by atoms with E-state index in [4.69, 9.17) is 4.52 Å². The first-order valence-corrected chi connectivity index (χ1v) is 4.76. The Labute approximate surface area is 87.7 Å². The van der Waals surface area contributed by atoms with E-state index in [9.17, 15) is 4.79 Å².